The van der Waals surface area contributed by atoms with Crippen molar-refractivity contribution >= 4 is 17.1 Å². The fourth-order valence-electron chi connectivity index (χ4n) is 9.45. The van der Waals surface area contributed by atoms with Gasteiger partial charge in [-0.15, -0.1) is 4.57 Å². The van der Waals surface area contributed by atoms with Crippen molar-refractivity contribution in [3.8, 4) is 50.4 Å². The molecule has 1 spiro atoms. The molecule has 292 valence electrons. The molecule has 0 saturated carbocycles. The number of nitrogens with zero attached hydrogens (tertiary/aromatic N) is 3. The summed E-state index contributed by atoms with van der Waals surface area (Å²) >= 11 is 0. The molecule has 2 atom stereocenters. The van der Waals surface area contributed by atoms with E-state index in [1.54, 1.807) is 0 Å². The van der Waals surface area contributed by atoms with E-state index in [1.165, 1.54) is 10.1 Å². The lowest BCUT2D eigenvalue weighted by molar-refractivity contribution is -0.774. The van der Waals surface area contributed by atoms with Gasteiger partial charge in [0.25, 0.3) is 0 Å². The van der Waals surface area contributed by atoms with Gasteiger partial charge in [0.2, 0.25) is 5.69 Å². The Morgan fingerprint density at radius 3 is 2.24 bits per heavy atom. The van der Waals surface area contributed by atoms with E-state index in [-0.39, 0.29) is 5.69 Å². The van der Waals surface area contributed by atoms with Gasteiger partial charge in [-0.25, -0.2) is 4.90 Å². The summed E-state index contributed by atoms with van der Waals surface area (Å²) in [4.78, 5) is 4.41. The van der Waals surface area contributed by atoms with Crippen LogP contribution in [0.3, 0.4) is 0 Å². The molecule has 0 N–H and O–H groups in total. The molecule has 4 aliphatic rings. The van der Waals surface area contributed by atoms with Crippen LogP contribution in [-0.4, -0.2) is 0 Å². The first-order valence-electron chi connectivity index (χ1n) is 28.1. The summed E-state index contributed by atoms with van der Waals surface area (Å²) in [5, 5.41) is 0. The smallest absolute Gasteiger partial charge is 0.410 e. The van der Waals surface area contributed by atoms with E-state index in [9.17, 15) is 9.60 Å². The molecule has 6 aromatic carbocycles. The van der Waals surface area contributed by atoms with Gasteiger partial charge in [0.1, 0.15) is 18.8 Å². The second kappa shape index (κ2) is 12.4. The number of hydrogen-bond donors (Lipinski definition) is 0. The Morgan fingerprint density at radius 1 is 0.712 bits per heavy atom. The van der Waals surface area contributed by atoms with Crippen molar-refractivity contribution in [3.05, 3.63) is 173 Å². The fraction of sp³-hybridized carbons (Fsp3) is 0.255. The average molecular weight is 787 g/mol. The first-order valence-corrected chi connectivity index (χ1v) is 20.1. The highest BCUT2D eigenvalue weighted by atomic mass is 16.5. The third-order valence-electron chi connectivity index (χ3n) is 12.0. The van der Waals surface area contributed by atoms with E-state index in [2.05, 4.69) is 66.1 Å². The zero-order valence-electron chi connectivity index (χ0n) is 49.4. The van der Waals surface area contributed by atoms with Crippen molar-refractivity contribution in [2.45, 2.75) is 84.4 Å². The minimum absolute atomic E-state index is 0.0464. The van der Waals surface area contributed by atoms with Gasteiger partial charge >= 0.3 is 5.85 Å². The molecule has 0 amide bonds. The van der Waals surface area contributed by atoms with Crippen LogP contribution in [0.1, 0.15) is 111 Å². The Bertz CT molecular complexity index is 3530. The third-order valence-corrected chi connectivity index (χ3v) is 12.0. The minimum atomic E-state index is -3.92. The van der Waals surface area contributed by atoms with Crippen molar-refractivity contribution in [2.75, 3.05) is 9.80 Å². The normalized spacial score (nSPS) is 22.6. The van der Waals surface area contributed by atoms with E-state index >= 15 is 0 Å². The van der Waals surface area contributed by atoms with Gasteiger partial charge in [-0.2, -0.15) is 0 Å². The minimum Gasteiger partial charge on any atom is -0.410 e. The quantitative estimate of drug-likeness (QED) is 0.162. The predicted molar refractivity (Wildman–Crippen MR) is 242 cm³/mol. The number of anilines is 3. The largest absolute Gasteiger partial charge is 0.432 e. The first-order chi connectivity index (χ1) is 35.0. The molecule has 0 bridgehead atoms. The predicted octanol–water partition coefficient (Wildman–Crippen LogP) is 13.5. The molecule has 4 nitrogen and oxygen atoms in total. The summed E-state index contributed by atoms with van der Waals surface area (Å²) in [6, 6.07) is 28.6. The summed E-state index contributed by atoms with van der Waals surface area (Å²) in [5.41, 5.74) is 2.89. The van der Waals surface area contributed by atoms with Crippen molar-refractivity contribution in [1.82, 2.24) is 0 Å². The summed E-state index contributed by atoms with van der Waals surface area (Å²) in [5.74, 6) is -0.967. The lowest BCUT2D eigenvalue weighted by Crippen LogP contribution is -2.71. The van der Waals surface area contributed by atoms with E-state index in [0.717, 1.165) is 56.9 Å². The Kier molecular flexibility index (Phi) is 4.82. The molecule has 0 radical (unpaired) electrons. The Balaban J connectivity index is 1.25. The number of rotatable bonds is 5. The Labute approximate surface area is 371 Å². The number of ether oxygens (including phenoxy) is 1. The van der Waals surface area contributed by atoms with Crippen LogP contribution in [0.25, 0.3) is 44.6 Å². The lowest BCUT2D eigenvalue weighted by atomic mass is 9.79. The molecular weight excluding hydrogens is 719 g/mol. The van der Waals surface area contributed by atoms with Crippen molar-refractivity contribution < 1.29 is 31.2 Å². The van der Waals surface area contributed by atoms with Crippen molar-refractivity contribution in [1.29, 1.82) is 0 Å². The van der Waals surface area contributed by atoms with Crippen LogP contribution in [-0.2, 0) is 23.1 Å². The maximum atomic E-state index is 10.3. The lowest BCUT2D eigenvalue weighted by Gasteiger charge is -2.47. The van der Waals surface area contributed by atoms with Gasteiger partial charge in [0.05, 0.1) is 30.9 Å². The molecule has 4 heteroatoms. The van der Waals surface area contributed by atoms with Crippen molar-refractivity contribution in [2.24, 2.45) is 5.92 Å². The molecule has 4 aliphatic heterocycles. The molecule has 1 aromatic heterocycles. The van der Waals surface area contributed by atoms with E-state index in [0.29, 0.717) is 22.8 Å². The summed E-state index contributed by atoms with van der Waals surface area (Å²) < 4.78 is 152. The molecule has 11 rings (SSSR count). The fourth-order valence-corrected chi connectivity index (χ4v) is 9.45. The molecule has 5 heterocycles. The number of para-hydroxylation sites is 2. The highest BCUT2D eigenvalue weighted by molar-refractivity contribution is 6.03. The molecule has 0 fully saturated rings. The SMILES string of the molecule is [2H]c1c([2H])c(C(C([2H])([2H])[2H])(C([2H])([2H])[2H])C([2H])([2H])[2H])c([2H])c([2H])c1-c1c([2H])c([2H])[n+]2c(c1[2H])-c1cc(C(C)(C)C)cc3c1C21Oc2ccccc2C2N(c4ccc(CC(C)C)cc4-c4ccccc4)c4cccc-3c4N21. The second-order valence-corrected chi connectivity index (χ2v) is 17.5. The van der Waals surface area contributed by atoms with Crippen LogP contribution >= 0.6 is 0 Å². The Morgan fingerprint density at radius 2 is 1.47 bits per heavy atom. The summed E-state index contributed by atoms with van der Waals surface area (Å²) in [6.07, 6.45) is -0.365. The van der Waals surface area contributed by atoms with Gasteiger partial charge in [-0.1, -0.05) is 146 Å². The van der Waals surface area contributed by atoms with Crippen LogP contribution < -0.4 is 19.1 Å². The van der Waals surface area contributed by atoms with Gasteiger partial charge < -0.3 is 9.64 Å². The van der Waals surface area contributed by atoms with Gasteiger partial charge in [-0.3, -0.25) is 0 Å². The average Bonchev–Trinajstić information content (AvgIpc) is 3.85. The maximum Gasteiger partial charge on any atom is 0.432 e. The molecule has 59 heavy (non-hydrogen) atoms. The van der Waals surface area contributed by atoms with E-state index in [4.69, 9.17) is 17.1 Å². The van der Waals surface area contributed by atoms with E-state index < -0.39 is 103 Å². The zero-order chi connectivity index (χ0) is 54.2. The summed E-state index contributed by atoms with van der Waals surface area (Å²) in [6.45, 7) is -1.24. The molecule has 2 unspecified atom stereocenters. The monoisotopic (exact) mass is 787 g/mol. The van der Waals surface area contributed by atoms with E-state index in [1.807, 2.05) is 81.4 Å². The second-order valence-electron chi connectivity index (χ2n) is 17.5. The van der Waals surface area contributed by atoms with Gasteiger partial charge in [0.15, 0.2) is 6.17 Å². The van der Waals surface area contributed by atoms with Crippen LogP contribution in [0.5, 0.6) is 5.75 Å². The zero-order valence-corrected chi connectivity index (χ0v) is 33.4. The number of fused-ring (bicyclic) bond motifs is 5. The van der Waals surface area contributed by atoms with Crippen LogP contribution in [0.15, 0.2) is 146 Å². The van der Waals surface area contributed by atoms with Crippen molar-refractivity contribution in [3.63, 3.8) is 0 Å². The number of aromatic nitrogens is 1. The number of pyridine rings is 1. The van der Waals surface area contributed by atoms with Gasteiger partial charge in [-0.05, 0) is 92.9 Å². The van der Waals surface area contributed by atoms with Crippen LogP contribution in [0.2, 0.25) is 0 Å². The topological polar surface area (TPSA) is 19.6 Å². The standard InChI is InChI=1S/C55H52N3O/c1-34(2)29-35-21-26-46(43(30-35)37-15-10-9-11-16-37)57-47-19-14-18-41-44-32-40(54(6,7)8)33-45-48-31-38(36-22-24-39(25-23-36)53(3,4)5)27-28-56(48)55(50(44)45)58(51(41)47)52(57)42-17-12-13-20-49(42)59-55/h9-28,30-34,52H,29H2,1-8H3/q+1/i3D3,4D3,5D3,22D,23D,24D,25D,27D,28D,31D. The number of benzene rings is 6. The molecule has 0 aliphatic carbocycles. The summed E-state index contributed by atoms with van der Waals surface area (Å²) in [7, 11) is 0. The third kappa shape index (κ3) is 5.18. The van der Waals surface area contributed by atoms with Crippen LogP contribution in [0, 0.1) is 5.92 Å². The van der Waals surface area contributed by atoms with Crippen LogP contribution in [0.4, 0.5) is 17.1 Å². The highest BCUT2D eigenvalue weighted by Crippen LogP contribution is 2.67. The number of hydrogen-bond acceptors (Lipinski definition) is 3. The first kappa shape index (κ1) is 22.9. The maximum absolute atomic E-state index is 10.3. The molecule has 0 saturated heterocycles. The molecule has 7 aromatic rings. The highest BCUT2D eigenvalue weighted by Gasteiger charge is 2.70. The Hall–Kier alpha value is -6.13. The van der Waals surface area contributed by atoms with Gasteiger partial charge in [0, 0.05) is 46.7 Å². The molecular formula is C55H52N3O+.